The van der Waals surface area contributed by atoms with Crippen LogP contribution in [0.1, 0.15) is 20.3 Å². The number of hydrogen-bond acceptors (Lipinski definition) is 3. The van der Waals surface area contributed by atoms with Crippen LogP contribution in [0.5, 0.6) is 0 Å². The van der Waals surface area contributed by atoms with Gasteiger partial charge < -0.3 is 11.1 Å². The van der Waals surface area contributed by atoms with Crippen molar-refractivity contribution in [2.24, 2.45) is 11.8 Å². The summed E-state index contributed by atoms with van der Waals surface area (Å²) < 4.78 is 0.811. The second-order valence-electron chi connectivity index (χ2n) is 5.93. The van der Waals surface area contributed by atoms with E-state index in [0.717, 1.165) is 23.2 Å². The summed E-state index contributed by atoms with van der Waals surface area (Å²) in [6.45, 7) is 6.95. The highest BCUT2D eigenvalue weighted by Gasteiger charge is 2.23. The van der Waals surface area contributed by atoms with Crippen molar-refractivity contribution in [1.29, 1.82) is 0 Å². The Balaban J connectivity index is 1.92. The molecule has 2 atom stereocenters. The Morgan fingerprint density at radius 3 is 2.65 bits per heavy atom. The van der Waals surface area contributed by atoms with Gasteiger partial charge in [0.1, 0.15) is 0 Å². The lowest BCUT2D eigenvalue weighted by molar-refractivity contribution is -0.117. The summed E-state index contributed by atoms with van der Waals surface area (Å²) in [7, 11) is 0. The molecular formula is C15H22BrN3O. The van der Waals surface area contributed by atoms with Gasteiger partial charge in [-0.25, -0.2) is 0 Å². The third kappa shape index (κ3) is 4.21. The summed E-state index contributed by atoms with van der Waals surface area (Å²) >= 11 is 3.41. The maximum Gasteiger partial charge on any atom is 0.238 e. The minimum absolute atomic E-state index is 0.0248. The average molecular weight is 340 g/mol. The number of carbonyl (C=O) groups is 1. The number of benzene rings is 1. The number of anilines is 2. The summed E-state index contributed by atoms with van der Waals surface area (Å²) in [5.74, 6) is 1.35. The second kappa shape index (κ2) is 6.59. The first-order valence-corrected chi connectivity index (χ1v) is 7.80. The van der Waals surface area contributed by atoms with E-state index in [4.69, 9.17) is 5.73 Å². The van der Waals surface area contributed by atoms with Crippen LogP contribution in [0, 0.1) is 11.8 Å². The van der Waals surface area contributed by atoms with Crippen molar-refractivity contribution in [2.45, 2.75) is 20.3 Å². The Kier molecular flexibility index (Phi) is 5.05. The molecule has 1 amide bonds. The van der Waals surface area contributed by atoms with Crippen LogP contribution >= 0.6 is 15.9 Å². The van der Waals surface area contributed by atoms with E-state index in [1.807, 2.05) is 6.07 Å². The molecule has 2 rings (SSSR count). The molecule has 0 aliphatic carbocycles. The summed E-state index contributed by atoms with van der Waals surface area (Å²) in [6.07, 6.45) is 1.25. The second-order valence-corrected chi connectivity index (χ2v) is 6.78. The Morgan fingerprint density at radius 2 is 2.05 bits per heavy atom. The Hall–Kier alpha value is -1.07. The summed E-state index contributed by atoms with van der Waals surface area (Å²) in [5, 5.41) is 2.93. The first kappa shape index (κ1) is 15.3. The molecule has 1 heterocycles. The van der Waals surface area contributed by atoms with E-state index in [9.17, 15) is 4.79 Å². The van der Waals surface area contributed by atoms with Crippen LogP contribution in [0.4, 0.5) is 11.4 Å². The zero-order valence-corrected chi connectivity index (χ0v) is 13.6. The minimum atomic E-state index is 0.0248. The third-order valence-corrected chi connectivity index (χ3v) is 4.24. The molecule has 0 bridgehead atoms. The van der Waals surface area contributed by atoms with Gasteiger partial charge in [-0.1, -0.05) is 13.8 Å². The maximum atomic E-state index is 12.1. The normalized spacial score (nSPS) is 23.6. The highest BCUT2D eigenvalue weighted by molar-refractivity contribution is 9.10. The largest absolute Gasteiger partial charge is 0.399 e. The summed E-state index contributed by atoms with van der Waals surface area (Å²) in [6, 6.07) is 5.39. The fourth-order valence-corrected chi connectivity index (χ4v) is 3.44. The highest BCUT2D eigenvalue weighted by atomic mass is 79.9. The van der Waals surface area contributed by atoms with Crippen molar-refractivity contribution in [1.82, 2.24) is 4.90 Å². The third-order valence-electron chi connectivity index (χ3n) is 3.58. The first-order valence-electron chi connectivity index (χ1n) is 7.01. The Morgan fingerprint density at radius 1 is 1.40 bits per heavy atom. The van der Waals surface area contributed by atoms with Gasteiger partial charge in [-0.05, 0) is 52.4 Å². The van der Waals surface area contributed by atoms with Crippen LogP contribution in [-0.2, 0) is 4.79 Å². The van der Waals surface area contributed by atoms with Gasteiger partial charge in [-0.3, -0.25) is 9.69 Å². The molecule has 1 aliphatic rings. The molecule has 5 heteroatoms. The van der Waals surface area contributed by atoms with E-state index in [1.165, 1.54) is 6.42 Å². The van der Waals surface area contributed by atoms with Gasteiger partial charge in [0.25, 0.3) is 0 Å². The number of amides is 1. The van der Waals surface area contributed by atoms with E-state index in [2.05, 4.69) is 40.0 Å². The SMILES string of the molecule is CC1CC(C)CN(CC(=O)Nc2ccc(N)cc2Br)C1. The van der Waals surface area contributed by atoms with Gasteiger partial charge in [0.2, 0.25) is 5.91 Å². The van der Waals surface area contributed by atoms with Gasteiger partial charge in [0.05, 0.1) is 12.2 Å². The number of rotatable bonds is 3. The molecule has 0 radical (unpaired) electrons. The molecule has 20 heavy (non-hydrogen) atoms. The van der Waals surface area contributed by atoms with Gasteiger partial charge in [-0.2, -0.15) is 0 Å². The summed E-state index contributed by atoms with van der Waals surface area (Å²) in [4.78, 5) is 14.4. The van der Waals surface area contributed by atoms with Gasteiger partial charge in [0, 0.05) is 23.2 Å². The van der Waals surface area contributed by atoms with Crippen molar-refractivity contribution in [3.05, 3.63) is 22.7 Å². The predicted octanol–water partition coefficient (Wildman–Crippen LogP) is 2.95. The van der Waals surface area contributed by atoms with E-state index in [1.54, 1.807) is 12.1 Å². The lowest BCUT2D eigenvalue weighted by Crippen LogP contribution is -2.42. The number of nitrogens with one attached hydrogen (secondary N) is 1. The molecule has 1 saturated heterocycles. The number of piperidine rings is 1. The lowest BCUT2D eigenvalue weighted by atomic mass is 9.92. The average Bonchev–Trinajstić information content (AvgIpc) is 2.31. The van der Waals surface area contributed by atoms with Crippen molar-refractivity contribution < 1.29 is 4.79 Å². The number of hydrogen-bond donors (Lipinski definition) is 2. The number of nitrogens with two attached hydrogens (primary N) is 1. The molecule has 0 spiro atoms. The van der Waals surface area contributed by atoms with Crippen LogP contribution in [0.25, 0.3) is 0 Å². The Bertz CT molecular complexity index is 482. The van der Waals surface area contributed by atoms with Crippen LogP contribution in [0.2, 0.25) is 0 Å². The number of nitrogens with zero attached hydrogens (tertiary/aromatic N) is 1. The van der Waals surface area contributed by atoms with Gasteiger partial charge >= 0.3 is 0 Å². The molecule has 4 nitrogen and oxygen atoms in total. The predicted molar refractivity (Wildman–Crippen MR) is 86.6 cm³/mol. The van der Waals surface area contributed by atoms with Crippen LogP contribution < -0.4 is 11.1 Å². The molecule has 1 fully saturated rings. The quantitative estimate of drug-likeness (QED) is 0.832. The van der Waals surface area contributed by atoms with Crippen molar-refractivity contribution in [3.63, 3.8) is 0 Å². The van der Waals surface area contributed by atoms with Gasteiger partial charge in [0.15, 0.2) is 0 Å². The van der Waals surface area contributed by atoms with Crippen LogP contribution in [-0.4, -0.2) is 30.4 Å². The molecular weight excluding hydrogens is 318 g/mol. The van der Waals surface area contributed by atoms with E-state index in [-0.39, 0.29) is 5.91 Å². The molecule has 2 unspecified atom stereocenters. The number of nitrogen functional groups attached to an aromatic ring is 1. The molecule has 1 aliphatic heterocycles. The van der Waals surface area contributed by atoms with E-state index < -0.39 is 0 Å². The number of likely N-dealkylation sites (tertiary alicyclic amines) is 1. The van der Waals surface area contributed by atoms with Gasteiger partial charge in [-0.15, -0.1) is 0 Å². The Labute approximate surface area is 128 Å². The molecule has 110 valence electrons. The smallest absolute Gasteiger partial charge is 0.238 e. The van der Waals surface area contributed by atoms with Crippen molar-refractivity contribution in [2.75, 3.05) is 30.7 Å². The minimum Gasteiger partial charge on any atom is -0.399 e. The van der Waals surface area contributed by atoms with E-state index >= 15 is 0 Å². The summed E-state index contributed by atoms with van der Waals surface area (Å²) in [5.41, 5.74) is 7.13. The van der Waals surface area contributed by atoms with Crippen molar-refractivity contribution in [3.8, 4) is 0 Å². The molecule has 0 saturated carbocycles. The fourth-order valence-electron chi connectivity index (χ4n) is 2.95. The highest BCUT2D eigenvalue weighted by Crippen LogP contribution is 2.25. The number of halogens is 1. The standard InChI is InChI=1S/C15H22BrN3O/c1-10-5-11(2)8-19(7-10)9-15(20)18-14-4-3-12(17)6-13(14)16/h3-4,6,10-11H,5,7-9,17H2,1-2H3,(H,18,20). The van der Waals surface area contributed by atoms with E-state index in [0.29, 0.717) is 24.1 Å². The van der Waals surface area contributed by atoms with Crippen LogP contribution in [0.15, 0.2) is 22.7 Å². The molecule has 0 aromatic heterocycles. The number of carbonyl (C=O) groups excluding carboxylic acids is 1. The topological polar surface area (TPSA) is 58.4 Å². The monoisotopic (exact) mass is 339 g/mol. The lowest BCUT2D eigenvalue weighted by Gasteiger charge is -2.34. The van der Waals surface area contributed by atoms with Crippen LogP contribution in [0.3, 0.4) is 0 Å². The van der Waals surface area contributed by atoms with Crippen molar-refractivity contribution >= 4 is 33.2 Å². The molecule has 3 N–H and O–H groups in total. The zero-order valence-electron chi connectivity index (χ0n) is 12.0. The zero-order chi connectivity index (χ0) is 14.7. The first-order chi connectivity index (χ1) is 9.44. The maximum absolute atomic E-state index is 12.1. The molecule has 1 aromatic rings. The molecule has 1 aromatic carbocycles. The fraction of sp³-hybridized carbons (Fsp3) is 0.533.